The zero-order chi connectivity index (χ0) is 35.3. The van der Waals surface area contributed by atoms with Crippen LogP contribution in [-0.4, -0.2) is 9.97 Å². The first-order chi connectivity index (χ1) is 26.8. The molecule has 0 amide bonds. The van der Waals surface area contributed by atoms with E-state index in [1.165, 1.54) is 63.3 Å². The van der Waals surface area contributed by atoms with Crippen molar-refractivity contribution in [2.75, 3.05) is 0 Å². The minimum atomic E-state index is 0.536. The molecule has 0 aliphatic carbocycles. The van der Waals surface area contributed by atoms with Crippen molar-refractivity contribution < 1.29 is 4.42 Å². The lowest BCUT2D eigenvalue weighted by molar-refractivity contribution is 0.653. The Kier molecular flexibility index (Phi) is 6.21. The second kappa shape index (κ2) is 11.3. The Morgan fingerprint density at radius 2 is 1.06 bits per heavy atom. The maximum atomic E-state index is 6.42. The molecule has 0 atom stereocenters. The Balaban J connectivity index is 1.30. The first-order valence-electron chi connectivity index (χ1n) is 18.2. The highest BCUT2D eigenvalue weighted by Gasteiger charge is 2.25. The fraction of sp³-hybridized carbons (Fsp3) is 0. The summed E-state index contributed by atoms with van der Waals surface area (Å²) in [6.45, 7) is 0. The Morgan fingerprint density at radius 1 is 0.389 bits per heavy atom. The van der Waals surface area contributed by atoms with Crippen molar-refractivity contribution >= 4 is 96.8 Å². The van der Waals surface area contributed by atoms with E-state index in [2.05, 4.69) is 152 Å². The van der Waals surface area contributed by atoms with Gasteiger partial charge in [0.15, 0.2) is 0 Å². The van der Waals surface area contributed by atoms with Crippen LogP contribution in [0.4, 0.5) is 0 Å². The van der Waals surface area contributed by atoms with Crippen LogP contribution in [0.3, 0.4) is 0 Å². The fourth-order valence-electron chi connectivity index (χ4n) is 8.63. The molecule has 0 N–H and O–H groups in total. The van der Waals surface area contributed by atoms with Crippen molar-refractivity contribution in [3.8, 4) is 33.6 Å². The summed E-state index contributed by atoms with van der Waals surface area (Å²) in [5.41, 5.74) is 8.05. The monoisotopic (exact) mass is 704 g/mol. The molecule has 3 heterocycles. The van der Waals surface area contributed by atoms with Gasteiger partial charge in [0, 0.05) is 42.1 Å². The van der Waals surface area contributed by atoms with Gasteiger partial charge in [0.1, 0.15) is 16.8 Å². The van der Waals surface area contributed by atoms with E-state index in [1.807, 2.05) is 29.5 Å². The van der Waals surface area contributed by atoms with Crippen LogP contribution in [0.15, 0.2) is 174 Å². The summed E-state index contributed by atoms with van der Waals surface area (Å²) in [6, 6.07) is 60.7. The number of aromatic nitrogens is 2. The zero-order valence-corrected chi connectivity index (χ0v) is 29.7. The molecule has 0 bridgehead atoms. The highest BCUT2D eigenvalue weighted by Crippen LogP contribution is 2.51. The summed E-state index contributed by atoms with van der Waals surface area (Å²) in [6.07, 6.45) is 0. The van der Waals surface area contributed by atoms with Gasteiger partial charge < -0.3 is 4.42 Å². The molecular formula is C50H28N2OS. The van der Waals surface area contributed by atoms with E-state index in [4.69, 9.17) is 14.4 Å². The topological polar surface area (TPSA) is 38.9 Å². The quantitative estimate of drug-likeness (QED) is 0.172. The molecule has 0 saturated carbocycles. The number of hydrogen-bond donors (Lipinski definition) is 0. The van der Waals surface area contributed by atoms with E-state index in [0.29, 0.717) is 5.71 Å². The van der Waals surface area contributed by atoms with Gasteiger partial charge >= 0.3 is 0 Å². The summed E-state index contributed by atoms with van der Waals surface area (Å²) >= 11 is 1.90. The highest BCUT2D eigenvalue weighted by atomic mass is 32.1. The molecule has 250 valence electrons. The van der Waals surface area contributed by atoms with E-state index < -0.39 is 0 Å². The molecule has 0 spiro atoms. The van der Waals surface area contributed by atoms with Gasteiger partial charge in [0.05, 0.1) is 5.69 Å². The number of para-hydroxylation sites is 1. The number of benzene rings is 9. The number of furan rings is 1. The summed E-state index contributed by atoms with van der Waals surface area (Å²) in [5, 5.41) is 13.4. The van der Waals surface area contributed by atoms with Crippen LogP contribution in [-0.2, 0) is 0 Å². The second-order valence-electron chi connectivity index (χ2n) is 14.0. The maximum absolute atomic E-state index is 6.42. The maximum Gasteiger partial charge on any atom is 0.246 e. The summed E-state index contributed by atoms with van der Waals surface area (Å²) in [4.78, 5) is 11.0. The molecule has 54 heavy (non-hydrogen) atoms. The molecule has 3 nitrogen and oxygen atoms in total. The van der Waals surface area contributed by atoms with Gasteiger partial charge in [-0.1, -0.05) is 146 Å². The normalized spacial score (nSPS) is 12.1. The zero-order valence-electron chi connectivity index (χ0n) is 28.9. The Labute approximate surface area is 313 Å². The largest absolute Gasteiger partial charge is 0.436 e. The minimum absolute atomic E-state index is 0.536. The van der Waals surface area contributed by atoms with Crippen LogP contribution in [0.1, 0.15) is 0 Å². The first kappa shape index (κ1) is 29.7. The average Bonchev–Trinajstić information content (AvgIpc) is 3.82. The van der Waals surface area contributed by atoms with Crippen molar-refractivity contribution in [1.29, 1.82) is 0 Å². The third kappa shape index (κ3) is 4.23. The van der Waals surface area contributed by atoms with E-state index >= 15 is 0 Å². The van der Waals surface area contributed by atoms with Crippen LogP contribution in [0.5, 0.6) is 0 Å². The van der Waals surface area contributed by atoms with Gasteiger partial charge in [-0.15, -0.1) is 11.3 Å². The summed E-state index contributed by atoms with van der Waals surface area (Å²) in [5.74, 6) is 0. The molecule has 3 aromatic heterocycles. The third-order valence-corrected chi connectivity index (χ3v) is 12.3. The lowest BCUT2D eigenvalue weighted by atomic mass is 9.88. The SMILES string of the molecule is c1ccc(-c2cccc(-c3nc4oc5ccccc5c4nc3-c3cc4ccccc4c4c5ccccc5c5c6ccc7ccccc7c6sc5c34)c2)cc1. The van der Waals surface area contributed by atoms with Crippen LogP contribution in [0, 0.1) is 0 Å². The van der Waals surface area contributed by atoms with Crippen LogP contribution in [0.2, 0.25) is 0 Å². The van der Waals surface area contributed by atoms with Crippen LogP contribution >= 0.6 is 11.3 Å². The Hall–Kier alpha value is -6.88. The lowest BCUT2D eigenvalue weighted by Crippen LogP contribution is -1.96. The second-order valence-corrected chi connectivity index (χ2v) is 15.1. The number of rotatable bonds is 3. The molecule has 0 fully saturated rings. The number of thiophene rings is 1. The van der Waals surface area contributed by atoms with Gasteiger partial charge in [-0.05, 0) is 73.1 Å². The van der Waals surface area contributed by atoms with Crippen LogP contribution in [0.25, 0.3) is 119 Å². The summed E-state index contributed by atoms with van der Waals surface area (Å²) in [7, 11) is 0. The van der Waals surface area contributed by atoms with Crippen molar-refractivity contribution in [1.82, 2.24) is 9.97 Å². The number of hydrogen-bond acceptors (Lipinski definition) is 4. The van der Waals surface area contributed by atoms with E-state index in [-0.39, 0.29) is 0 Å². The first-order valence-corrected chi connectivity index (χ1v) is 19.1. The van der Waals surface area contributed by atoms with Gasteiger partial charge in [-0.2, -0.15) is 0 Å². The Bertz CT molecular complexity index is 3510. The third-order valence-electron chi connectivity index (χ3n) is 11.0. The lowest BCUT2D eigenvalue weighted by Gasteiger charge is -2.17. The highest BCUT2D eigenvalue weighted by molar-refractivity contribution is 7.28. The predicted octanol–water partition coefficient (Wildman–Crippen LogP) is 14.4. The van der Waals surface area contributed by atoms with E-state index in [1.54, 1.807) is 0 Å². The molecule has 0 aliphatic rings. The predicted molar refractivity (Wildman–Crippen MR) is 229 cm³/mol. The molecule has 0 aliphatic heterocycles. The molecule has 0 unspecified atom stereocenters. The molecule has 0 radical (unpaired) electrons. The van der Waals surface area contributed by atoms with Crippen molar-refractivity contribution in [3.63, 3.8) is 0 Å². The molecule has 12 aromatic rings. The molecule has 0 saturated heterocycles. The van der Waals surface area contributed by atoms with Gasteiger partial charge in [-0.3, -0.25) is 0 Å². The van der Waals surface area contributed by atoms with Crippen LogP contribution < -0.4 is 0 Å². The smallest absolute Gasteiger partial charge is 0.246 e. The number of nitrogens with zero attached hydrogens (tertiary/aromatic N) is 2. The average molecular weight is 705 g/mol. The van der Waals surface area contributed by atoms with Gasteiger partial charge in [-0.25, -0.2) is 9.97 Å². The minimum Gasteiger partial charge on any atom is -0.436 e. The molecule has 9 aromatic carbocycles. The van der Waals surface area contributed by atoms with Gasteiger partial charge in [0.2, 0.25) is 5.71 Å². The van der Waals surface area contributed by atoms with Crippen molar-refractivity contribution in [2.24, 2.45) is 0 Å². The van der Waals surface area contributed by atoms with Crippen molar-refractivity contribution in [2.45, 2.75) is 0 Å². The van der Waals surface area contributed by atoms with Gasteiger partial charge in [0.25, 0.3) is 0 Å². The molecule has 4 heteroatoms. The molecule has 12 rings (SSSR count). The van der Waals surface area contributed by atoms with E-state index in [0.717, 1.165) is 50.1 Å². The standard InChI is InChI=1S/C50H28N2OS/c1-2-13-29(14-3-1)31-17-12-18-33(27-31)45-46(51-47-38-23-10-11-24-41(38)53-50(47)52-45)40-28-32-16-5-6-19-34(32)42-36-21-8-9-22-37(36)43-39-26-25-30-15-4-7-20-35(30)48(39)54-49(43)44(40)42/h1-28H. The van der Waals surface area contributed by atoms with Crippen molar-refractivity contribution in [3.05, 3.63) is 170 Å². The number of fused-ring (bicyclic) bond motifs is 15. The Morgan fingerprint density at radius 3 is 1.91 bits per heavy atom. The van der Waals surface area contributed by atoms with E-state index in [9.17, 15) is 0 Å². The fourth-order valence-corrected chi connectivity index (χ4v) is 10.0. The molecular weight excluding hydrogens is 677 g/mol. The summed E-state index contributed by atoms with van der Waals surface area (Å²) < 4.78 is 8.98.